The molecule has 1 fully saturated rings. The number of likely N-dealkylation sites (tertiary alicyclic amines) is 1. The molecule has 2 aliphatic heterocycles. The second-order valence-corrected chi connectivity index (χ2v) is 7.36. The van der Waals surface area contributed by atoms with E-state index in [4.69, 9.17) is 4.74 Å². The summed E-state index contributed by atoms with van der Waals surface area (Å²) in [5.41, 5.74) is 2.05. The molecule has 2 aliphatic rings. The van der Waals surface area contributed by atoms with Crippen LogP contribution in [0.2, 0.25) is 0 Å². The van der Waals surface area contributed by atoms with E-state index in [1.165, 1.54) is 37.1 Å². The molecule has 4 nitrogen and oxygen atoms in total. The SMILES string of the molecule is CC(C)(C)OC(=O)N1CCc2c[c-]ccc2C1.CN1CCCC1.[Os+]. The molecule has 2 heterocycles. The van der Waals surface area contributed by atoms with E-state index in [0.29, 0.717) is 6.54 Å². The molecule has 1 saturated heterocycles. The van der Waals surface area contributed by atoms with Crippen LogP contribution in [0.5, 0.6) is 0 Å². The van der Waals surface area contributed by atoms with Crippen LogP contribution >= 0.6 is 0 Å². The maximum absolute atomic E-state index is 11.9. The summed E-state index contributed by atoms with van der Waals surface area (Å²) < 4.78 is 5.37. The summed E-state index contributed by atoms with van der Waals surface area (Å²) in [7, 11) is 2.17. The molecule has 3 rings (SSSR count). The number of carbonyl (C=O) groups is 1. The van der Waals surface area contributed by atoms with E-state index in [1.54, 1.807) is 4.90 Å². The Morgan fingerprint density at radius 3 is 2.38 bits per heavy atom. The van der Waals surface area contributed by atoms with E-state index in [2.05, 4.69) is 18.0 Å². The quantitative estimate of drug-likeness (QED) is 0.504. The molecular formula is C19H29N2O2Os. The van der Waals surface area contributed by atoms with Crippen molar-refractivity contribution in [2.24, 2.45) is 0 Å². The number of hydrogen-bond donors (Lipinski definition) is 0. The zero-order chi connectivity index (χ0) is 16.9. The fraction of sp³-hybridized carbons (Fsp3) is 0.632. The number of rotatable bonds is 0. The molecule has 5 heteroatoms. The first kappa shape index (κ1) is 21.1. The third kappa shape index (κ3) is 6.91. The molecule has 0 spiro atoms. The Bertz CT molecular complexity index is 522. The molecule has 24 heavy (non-hydrogen) atoms. The minimum atomic E-state index is -0.429. The Kier molecular flexibility index (Phi) is 8.40. The van der Waals surface area contributed by atoms with Crippen LogP contribution in [0.25, 0.3) is 0 Å². The maximum atomic E-state index is 11.9. The number of hydrogen-bond acceptors (Lipinski definition) is 3. The molecule has 1 aromatic carbocycles. The summed E-state index contributed by atoms with van der Waals surface area (Å²) in [6.07, 6.45) is 3.48. The molecule has 0 saturated carbocycles. The van der Waals surface area contributed by atoms with Gasteiger partial charge in [-0.2, -0.15) is 24.3 Å². The predicted molar refractivity (Wildman–Crippen MR) is 92.4 cm³/mol. The standard InChI is InChI=1S/C14H18NO2.C5H11N.Os/c1-14(2,3)17-13(16)15-9-8-11-6-4-5-7-12(11)10-15;1-6-4-2-3-5-6;/h5-7H,8-10H2,1-3H3;2-5H2,1H3;/q-1;;+1. The van der Waals surface area contributed by atoms with Gasteiger partial charge in [-0.05, 0) is 53.8 Å². The van der Waals surface area contributed by atoms with E-state index in [0.717, 1.165) is 13.0 Å². The summed E-state index contributed by atoms with van der Waals surface area (Å²) in [5.74, 6) is 0. The van der Waals surface area contributed by atoms with Crippen LogP contribution in [0, 0.1) is 6.07 Å². The molecular weight excluding hydrogens is 478 g/mol. The van der Waals surface area contributed by atoms with Gasteiger partial charge < -0.3 is 14.5 Å². The Hall–Kier alpha value is -0.914. The Morgan fingerprint density at radius 1 is 1.17 bits per heavy atom. The number of ether oxygens (including phenoxy) is 1. The minimum absolute atomic E-state index is 0. The van der Waals surface area contributed by atoms with Crippen molar-refractivity contribution in [1.29, 1.82) is 0 Å². The van der Waals surface area contributed by atoms with Crippen LogP contribution in [0.1, 0.15) is 44.7 Å². The Balaban J connectivity index is 0.000000349. The van der Waals surface area contributed by atoms with Crippen molar-refractivity contribution < 1.29 is 29.3 Å². The first-order valence-corrected chi connectivity index (χ1v) is 8.49. The van der Waals surface area contributed by atoms with Crippen LogP contribution in [0.3, 0.4) is 0 Å². The number of nitrogens with zero attached hydrogens (tertiary/aromatic N) is 2. The first-order chi connectivity index (χ1) is 10.8. The second kappa shape index (κ2) is 9.54. The second-order valence-electron chi connectivity index (χ2n) is 7.36. The topological polar surface area (TPSA) is 32.8 Å². The van der Waals surface area contributed by atoms with Gasteiger partial charge in [0.25, 0.3) is 0 Å². The van der Waals surface area contributed by atoms with Gasteiger partial charge in [0.1, 0.15) is 5.60 Å². The average molecular weight is 508 g/mol. The van der Waals surface area contributed by atoms with Gasteiger partial charge in [0.05, 0.1) is 0 Å². The summed E-state index contributed by atoms with van der Waals surface area (Å²) in [4.78, 5) is 16.0. The number of fused-ring (bicyclic) bond motifs is 1. The van der Waals surface area contributed by atoms with Crippen LogP contribution in [0.4, 0.5) is 4.79 Å². The van der Waals surface area contributed by atoms with Crippen LogP contribution < -0.4 is 0 Å². The number of benzene rings is 1. The van der Waals surface area contributed by atoms with Gasteiger partial charge in [0.15, 0.2) is 0 Å². The van der Waals surface area contributed by atoms with E-state index in [9.17, 15) is 4.79 Å². The van der Waals surface area contributed by atoms with E-state index >= 15 is 0 Å². The third-order valence-electron chi connectivity index (χ3n) is 4.04. The smallest absolute Gasteiger partial charge is 0.444 e. The van der Waals surface area contributed by atoms with Crippen LogP contribution in [-0.4, -0.2) is 48.2 Å². The van der Waals surface area contributed by atoms with Gasteiger partial charge in [-0.25, -0.2) is 4.79 Å². The van der Waals surface area contributed by atoms with Crippen LogP contribution in [0.15, 0.2) is 18.2 Å². The van der Waals surface area contributed by atoms with Crippen molar-refractivity contribution in [2.75, 3.05) is 26.7 Å². The normalized spacial score (nSPS) is 17.2. The summed E-state index contributed by atoms with van der Waals surface area (Å²) in [6, 6.07) is 8.98. The van der Waals surface area contributed by atoms with Gasteiger partial charge in [-0.1, -0.05) is 6.42 Å². The molecule has 0 N–H and O–H groups in total. The van der Waals surface area contributed by atoms with E-state index in [-0.39, 0.29) is 25.9 Å². The Morgan fingerprint density at radius 2 is 1.83 bits per heavy atom. The number of carbonyl (C=O) groups excluding carboxylic acids is 1. The zero-order valence-electron chi connectivity index (χ0n) is 15.2. The molecule has 0 atom stereocenters. The first-order valence-electron chi connectivity index (χ1n) is 8.49. The average Bonchev–Trinajstić information content (AvgIpc) is 2.97. The summed E-state index contributed by atoms with van der Waals surface area (Å²) in [5, 5.41) is 0. The van der Waals surface area contributed by atoms with Gasteiger partial charge in [-0.3, -0.25) is 0 Å². The zero-order valence-corrected chi connectivity index (χ0v) is 17.8. The fourth-order valence-corrected chi connectivity index (χ4v) is 2.78. The van der Waals surface area contributed by atoms with Gasteiger partial charge >= 0.3 is 25.9 Å². The molecule has 1 aromatic rings. The monoisotopic (exact) mass is 509 g/mol. The molecule has 0 unspecified atom stereocenters. The fourth-order valence-electron chi connectivity index (χ4n) is 2.78. The predicted octanol–water partition coefficient (Wildman–Crippen LogP) is 3.49. The Labute approximate surface area is 159 Å². The van der Waals surface area contributed by atoms with Crippen molar-refractivity contribution in [3.05, 3.63) is 35.4 Å². The van der Waals surface area contributed by atoms with Crippen LogP contribution in [-0.2, 0) is 37.5 Å². The van der Waals surface area contributed by atoms with Crippen molar-refractivity contribution in [3.63, 3.8) is 0 Å². The largest absolute Gasteiger partial charge is 1.00 e. The molecule has 0 aromatic heterocycles. The number of amides is 1. The van der Waals surface area contributed by atoms with Crippen molar-refractivity contribution >= 4 is 6.09 Å². The van der Waals surface area contributed by atoms with Crippen molar-refractivity contribution in [1.82, 2.24) is 9.80 Å². The molecule has 1 amide bonds. The molecule has 0 aliphatic carbocycles. The van der Waals surface area contributed by atoms with Crippen molar-refractivity contribution in [3.8, 4) is 0 Å². The molecule has 135 valence electrons. The van der Waals surface area contributed by atoms with Gasteiger partial charge in [0.2, 0.25) is 0 Å². The molecule has 0 bridgehead atoms. The van der Waals surface area contributed by atoms with E-state index < -0.39 is 5.60 Å². The summed E-state index contributed by atoms with van der Waals surface area (Å²) in [6.45, 7) is 9.66. The molecule has 1 radical (unpaired) electrons. The summed E-state index contributed by atoms with van der Waals surface area (Å²) >= 11 is 0. The van der Waals surface area contributed by atoms with Gasteiger partial charge in [0, 0.05) is 13.1 Å². The van der Waals surface area contributed by atoms with E-state index in [1.807, 2.05) is 39.0 Å². The third-order valence-corrected chi connectivity index (χ3v) is 4.04. The van der Waals surface area contributed by atoms with Crippen molar-refractivity contribution in [2.45, 2.75) is 52.2 Å². The maximum Gasteiger partial charge on any atom is 1.00 e. The van der Waals surface area contributed by atoms with Gasteiger partial charge in [-0.15, -0.1) is 11.1 Å². The minimum Gasteiger partial charge on any atom is -0.444 e.